The van der Waals surface area contributed by atoms with E-state index in [2.05, 4.69) is 5.32 Å². The van der Waals surface area contributed by atoms with E-state index in [-0.39, 0.29) is 18.1 Å². The predicted molar refractivity (Wildman–Crippen MR) is 143 cm³/mol. The number of nitrogens with zero attached hydrogens (tertiary/aromatic N) is 2. The average Bonchev–Trinajstić information content (AvgIpc) is 2.70. The maximum absolute atomic E-state index is 13.6. The maximum atomic E-state index is 13.6. The van der Waals surface area contributed by atoms with Crippen LogP contribution in [0.15, 0.2) is 36.4 Å². The Morgan fingerprint density at radius 2 is 1.60 bits per heavy atom. The second-order valence-corrected chi connectivity index (χ2v) is 12.6. The van der Waals surface area contributed by atoms with Crippen LogP contribution in [-0.4, -0.2) is 49.5 Å². The van der Waals surface area contributed by atoms with E-state index in [1.54, 1.807) is 44.2 Å². The van der Waals surface area contributed by atoms with Crippen LogP contribution < -0.4 is 9.62 Å². The van der Waals surface area contributed by atoms with Crippen LogP contribution in [0.2, 0.25) is 15.1 Å². The van der Waals surface area contributed by atoms with Crippen molar-refractivity contribution in [3.05, 3.63) is 62.6 Å². The number of aryl methyl sites for hydroxylation is 1. The Bertz CT molecular complexity index is 1210. The molecule has 11 heteroatoms. The first-order valence-corrected chi connectivity index (χ1v) is 13.8. The molecule has 2 aromatic rings. The lowest BCUT2D eigenvalue weighted by molar-refractivity contribution is -0.140. The molecule has 0 saturated heterocycles. The van der Waals surface area contributed by atoms with Crippen molar-refractivity contribution in [3.8, 4) is 0 Å². The molecule has 0 saturated carbocycles. The van der Waals surface area contributed by atoms with Gasteiger partial charge < -0.3 is 10.2 Å². The molecule has 35 heavy (non-hydrogen) atoms. The molecular weight excluding hydrogens is 533 g/mol. The van der Waals surface area contributed by atoms with Gasteiger partial charge in [0.1, 0.15) is 12.6 Å². The van der Waals surface area contributed by atoms with E-state index < -0.39 is 34.1 Å². The zero-order valence-corrected chi connectivity index (χ0v) is 23.6. The topological polar surface area (TPSA) is 86.8 Å². The molecule has 192 valence electrons. The third-order valence-corrected chi connectivity index (χ3v) is 7.09. The van der Waals surface area contributed by atoms with Gasteiger partial charge in [-0.2, -0.15) is 0 Å². The van der Waals surface area contributed by atoms with Crippen molar-refractivity contribution in [2.45, 2.75) is 52.7 Å². The molecule has 0 aliphatic heterocycles. The SMILES string of the molecule is Cc1ccc(Cl)cc1N(CC(=O)N(Cc1ccc(Cl)cc1Cl)[C@@H](C)C(=O)NC(C)(C)C)S(C)(=O)=O. The van der Waals surface area contributed by atoms with Crippen LogP contribution in [-0.2, 0) is 26.2 Å². The number of rotatable bonds is 8. The van der Waals surface area contributed by atoms with Crippen molar-refractivity contribution in [3.63, 3.8) is 0 Å². The van der Waals surface area contributed by atoms with E-state index in [1.165, 1.54) is 11.0 Å². The van der Waals surface area contributed by atoms with Crippen LogP contribution in [0.1, 0.15) is 38.8 Å². The summed E-state index contributed by atoms with van der Waals surface area (Å²) >= 11 is 18.4. The van der Waals surface area contributed by atoms with Gasteiger partial charge in [-0.05, 0) is 70.0 Å². The number of hydrogen-bond acceptors (Lipinski definition) is 4. The Balaban J connectivity index is 2.49. The van der Waals surface area contributed by atoms with E-state index in [9.17, 15) is 18.0 Å². The first-order valence-electron chi connectivity index (χ1n) is 10.8. The lowest BCUT2D eigenvalue weighted by Crippen LogP contribution is -2.54. The number of carbonyl (C=O) groups is 2. The van der Waals surface area contributed by atoms with Gasteiger partial charge in [-0.3, -0.25) is 13.9 Å². The smallest absolute Gasteiger partial charge is 0.244 e. The quantitative estimate of drug-likeness (QED) is 0.488. The number of amides is 2. The Morgan fingerprint density at radius 1 is 1.03 bits per heavy atom. The highest BCUT2D eigenvalue weighted by molar-refractivity contribution is 7.92. The summed E-state index contributed by atoms with van der Waals surface area (Å²) in [5.41, 5.74) is 0.932. The Kier molecular flexibility index (Phi) is 9.50. The van der Waals surface area contributed by atoms with Gasteiger partial charge >= 0.3 is 0 Å². The molecule has 1 N–H and O–H groups in total. The van der Waals surface area contributed by atoms with Crippen molar-refractivity contribution in [1.82, 2.24) is 10.2 Å². The number of sulfonamides is 1. The minimum Gasteiger partial charge on any atom is -0.350 e. The fraction of sp³-hybridized carbons (Fsp3) is 0.417. The molecular formula is C24H30Cl3N3O4S. The first-order chi connectivity index (χ1) is 16.0. The van der Waals surface area contributed by atoms with E-state index in [0.29, 0.717) is 26.2 Å². The summed E-state index contributed by atoms with van der Waals surface area (Å²) in [6.45, 7) is 8.22. The van der Waals surface area contributed by atoms with E-state index in [4.69, 9.17) is 34.8 Å². The molecule has 0 aromatic heterocycles. The molecule has 0 spiro atoms. The third-order valence-electron chi connectivity index (χ3n) is 5.14. The van der Waals surface area contributed by atoms with Gasteiger partial charge in [0.05, 0.1) is 11.9 Å². The minimum atomic E-state index is -3.86. The van der Waals surface area contributed by atoms with Gasteiger partial charge in [0.2, 0.25) is 21.8 Å². The highest BCUT2D eigenvalue weighted by atomic mass is 35.5. The Hall–Kier alpha value is -2.00. The average molecular weight is 563 g/mol. The van der Waals surface area contributed by atoms with Crippen LogP contribution >= 0.6 is 34.8 Å². The number of anilines is 1. The molecule has 0 bridgehead atoms. The van der Waals surface area contributed by atoms with Gasteiger partial charge in [0, 0.05) is 27.2 Å². The Morgan fingerprint density at radius 3 is 2.14 bits per heavy atom. The third kappa shape index (κ3) is 8.27. The summed E-state index contributed by atoms with van der Waals surface area (Å²) < 4.78 is 26.4. The Labute approximate surface area is 222 Å². The van der Waals surface area contributed by atoms with Crippen molar-refractivity contribution < 1.29 is 18.0 Å². The van der Waals surface area contributed by atoms with Gasteiger partial charge in [-0.25, -0.2) is 8.42 Å². The van der Waals surface area contributed by atoms with Crippen LogP contribution in [0.4, 0.5) is 5.69 Å². The lowest BCUT2D eigenvalue weighted by Gasteiger charge is -2.33. The molecule has 0 aliphatic rings. The van der Waals surface area contributed by atoms with Crippen LogP contribution in [0.3, 0.4) is 0 Å². The number of carbonyl (C=O) groups excluding carboxylic acids is 2. The summed E-state index contributed by atoms with van der Waals surface area (Å²) in [5, 5.41) is 3.94. The number of benzene rings is 2. The second-order valence-electron chi connectivity index (χ2n) is 9.37. The largest absolute Gasteiger partial charge is 0.350 e. The van der Waals surface area contributed by atoms with Crippen molar-refractivity contribution in [1.29, 1.82) is 0 Å². The van der Waals surface area contributed by atoms with Crippen LogP contribution in [0, 0.1) is 6.92 Å². The van der Waals surface area contributed by atoms with Crippen molar-refractivity contribution in [2.75, 3.05) is 17.1 Å². The number of halogens is 3. The summed E-state index contributed by atoms with van der Waals surface area (Å²) in [6, 6.07) is 8.70. The molecule has 7 nitrogen and oxygen atoms in total. The normalized spacial score (nSPS) is 12.7. The fourth-order valence-corrected chi connectivity index (χ4v) is 4.87. The molecule has 2 amide bonds. The summed E-state index contributed by atoms with van der Waals surface area (Å²) in [7, 11) is -3.86. The fourth-order valence-electron chi connectivity index (χ4n) is 3.34. The van der Waals surface area contributed by atoms with Crippen LogP contribution in [0.25, 0.3) is 0 Å². The minimum absolute atomic E-state index is 0.0281. The summed E-state index contributed by atoms with van der Waals surface area (Å²) in [5.74, 6) is -0.974. The lowest BCUT2D eigenvalue weighted by atomic mass is 10.1. The number of hydrogen-bond donors (Lipinski definition) is 1. The monoisotopic (exact) mass is 561 g/mol. The zero-order chi connectivity index (χ0) is 26.7. The van der Waals surface area contributed by atoms with Crippen LogP contribution in [0.5, 0.6) is 0 Å². The second kappa shape index (κ2) is 11.4. The van der Waals surface area contributed by atoms with Crippen molar-refractivity contribution in [2.24, 2.45) is 0 Å². The van der Waals surface area contributed by atoms with Gasteiger partial charge in [-0.1, -0.05) is 46.9 Å². The first kappa shape index (κ1) is 29.2. The van der Waals surface area contributed by atoms with E-state index in [1.807, 2.05) is 20.8 Å². The van der Waals surface area contributed by atoms with Gasteiger partial charge in [0.25, 0.3) is 0 Å². The molecule has 0 fully saturated rings. The van der Waals surface area contributed by atoms with Crippen molar-refractivity contribution >= 4 is 62.3 Å². The highest BCUT2D eigenvalue weighted by Gasteiger charge is 2.32. The molecule has 0 radical (unpaired) electrons. The predicted octanol–water partition coefficient (Wildman–Crippen LogP) is 5.05. The molecule has 1 atom stereocenters. The van der Waals surface area contributed by atoms with E-state index >= 15 is 0 Å². The van der Waals surface area contributed by atoms with E-state index in [0.717, 1.165) is 10.6 Å². The zero-order valence-electron chi connectivity index (χ0n) is 20.5. The van der Waals surface area contributed by atoms with Gasteiger partial charge in [-0.15, -0.1) is 0 Å². The molecule has 0 heterocycles. The summed E-state index contributed by atoms with van der Waals surface area (Å²) in [6.07, 6.45) is 1.01. The standard InChI is InChI=1S/C24H30Cl3N3O4S/c1-15-7-9-19(26)12-21(15)30(35(6,33)34)14-22(31)29(16(2)23(32)28-24(3,4)5)13-17-8-10-18(25)11-20(17)27/h7-12,16H,13-14H2,1-6H3,(H,28,32)/t16-/m0/s1. The molecule has 2 aromatic carbocycles. The highest BCUT2D eigenvalue weighted by Crippen LogP contribution is 2.27. The molecule has 2 rings (SSSR count). The summed E-state index contributed by atoms with van der Waals surface area (Å²) in [4.78, 5) is 27.9. The molecule has 0 aliphatic carbocycles. The van der Waals surface area contributed by atoms with Gasteiger partial charge in [0.15, 0.2) is 0 Å². The number of nitrogens with one attached hydrogen (secondary N) is 1. The molecule has 0 unspecified atom stereocenters. The maximum Gasteiger partial charge on any atom is 0.244 e.